The molecule has 1 saturated carbocycles. The Kier molecular flexibility index (Phi) is 2.60. The van der Waals surface area contributed by atoms with Crippen LogP contribution < -0.4 is 5.73 Å². The van der Waals surface area contributed by atoms with Crippen molar-refractivity contribution < 1.29 is 5.11 Å². The van der Waals surface area contributed by atoms with Crippen LogP contribution in [0, 0.1) is 5.41 Å². The summed E-state index contributed by atoms with van der Waals surface area (Å²) in [6, 6.07) is 0. The van der Waals surface area contributed by atoms with Gasteiger partial charge < -0.3 is 10.8 Å². The Morgan fingerprint density at radius 3 is 2.62 bits per heavy atom. The third-order valence-electron chi connectivity index (χ3n) is 3.89. The van der Waals surface area contributed by atoms with E-state index >= 15 is 0 Å². The van der Waals surface area contributed by atoms with Crippen LogP contribution in [-0.4, -0.2) is 28.8 Å². The highest BCUT2D eigenvalue weighted by Crippen LogP contribution is 2.56. The zero-order chi connectivity index (χ0) is 9.36. The van der Waals surface area contributed by atoms with Crippen molar-refractivity contribution in [1.29, 1.82) is 0 Å². The van der Waals surface area contributed by atoms with Crippen molar-refractivity contribution >= 4 is 11.8 Å². The summed E-state index contributed by atoms with van der Waals surface area (Å²) in [7, 11) is 0. The second-order valence-electron chi connectivity index (χ2n) is 4.51. The van der Waals surface area contributed by atoms with E-state index < -0.39 is 5.60 Å². The van der Waals surface area contributed by atoms with Crippen LogP contribution in [0.4, 0.5) is 0 Å². The molecule has 2 fully saturated rings. The summed E-state index contributed by atoms with van der Waals surface area (Å²) in [6.45, 7) is 0.628. The highest BCUT2D eigenvalue weighted by Gasteiger charge is 2.54. The summed E-state index contributed by atoms with van der Waals surface area (Å²) in [5.41, 5.74) is 5.40. The Hall–Kier alpha value is 0.270. The van der Waals surface area contributed by atoms with Crippen molar-refractivity contribution in [2.75, 3.05) is 18.1 Å². The molecule has 0 aromatic heterocycles. The number of aliphatic hydroxyl groups is 1. The van der Waals surface area contributed by atoms with Gasteiger partial charge in [-0.15, -0.1) is 0 Å². The molecular formula is C10H19NOS. The molecule has 1 spiro atoms. The topological polar surface area (TPSA) is 46.2 Å². The molecule has 1 atom stereocenters. The van der Waals surface area contributed by atoms with Crippen molar-refractivity contribution in [2.45, 2.75) is 37.7 Å². The maximum absolute atomic E-state index is 10.5. The van der Waals surface area contributed by atoms with Gasteiger partial charge in [-0.1, -0.05) is 6.42 Å². The normalized spacial score (nSPS) is 37.4. The van der Waals surface area contributed by atoms with Crippen LogP contribution in [0.3, 0.4) is 0 Å². The third kappa shape index (κ3) is 1.41. The highest BCUT2D eigenvalue weighted by atomic mass is 32.2. The van der Waals surface area contributed by atoms with E-state index in [1.54, 1.807) is 0 Å². The lowest BCUT2D eigenvalue weighted by Gasteiger charge is -2.56. The molecule has 3 heteroatoms. The van der Waals surface area contributed by atoms with Gasteiger partial charge in [0.15, 0.2) is 0 Å². The summed E-state index contributed by atoms with van der Waals surface area (Å²) in [5, 5.41) is 10.5. The molecule has 0 radical (unpaired) electrons. The number of nitrogens with two attached hydrogens (primary N) is 1. The maximum atomic E-state index is 10.5. The Labute approximate surface area is 84.3 Å². The number of hydrogen-bond acceptors (Lipinski definition) is 3. The number of rotatable bonds is 2. The van der Waals surface area contributed by atoms with Gasteiger partial charge >= 0.3 is 0 Å². The molecule has 1 unspecified atom stereocenters. The first-order chi connectivity index (χ1) is 6.22. The average Bonchev–Trinajstić information content (AvgIpc) is 2.02. The van der Waals surface area contributed by atoms with E-state index in [0.717, 1.165) is 24.3 Å². The lowest BCUT2D eigenvalue weighted by Crippen LogP contribution is -2.57. The molecular weight excluding hydrogens is 182 g/mol. The van der Waals surface area contributed by atoms with Crippen LogP contribution in [0.1, 0.15) is 32.1 Å². The highest BCUT2D eigenvalue weighted by molar-refractivity contribution is 7.99. The van der Waals surface area contributed by atoms with E-state index in [-0.39, 0.29) is 5.41 Å². The standard InChI is InChI=1S/C10H19NOS/c11-6-4-10(12)5-7-13-8-9(10)2-1-3-9/h12H,1-8,11H2. The van der Waals surface area contributed by atoms with Crippen LogP contribution >= 0.6 is 11.8 Å². The van der Waals surface area contributed by atoms with Gasteiger partial charge in [-0.3, -0.25) is 0 Å². The Morgan fingerprint density at radius 2 is 2.08 bits per heavy atom. The Bertz CT molecular complexity index is 189. The predicted molar refractivity (Wildman–Crippen MR) is 56.8 cm³/mol. The van der Waals surface area contributed by atoms with E-state index in [2.05, 4.69) is 0 Å². The van der Waals surface area contributed by atoms with Gasteiger partial charge in [0, 0.05) is 11.2 Å². The monoisotopic (exact) mass is 201 g/mol. The minimum atomic E-state index is -0.425. The minimum absolute atomic E-state index is 0.245. The molecule has 76 valence electrons. The Balaban J connectivity index is 2.12. The average molecular weight is 201 g/mol. The second-order valence-corrected chi connectivity index (χ2v) is 5.61. The predicted octanol–water partition coefficient (Wildman–Crippen LogP) is 1.37. The lowest BCUT2D eigenvalue weighted by molar-refractivity contribution is -0.122. The van der Waals surface area contributed by atoms with Gasteiger partial charge in [0.05, 0.1) is 5.60 Å². The molecule has 1 aliphatic heterocycles. The van der Waals surface area contributed by atoms with Crippen LogP contribution in [0.25, 0.3) is 0 Å². The van der Waals surface area contributed by atoms with Gasteiger partial charge in [-0.2, -0.15) is 11.8 Å². The molecule has 0 bridgehead atoms. The summed E-state index contributed by atoms with van der Waals surface area (Å²) >= 11 is 2.01. The molecule has 2 nitrogen and oxygen atoms in total. The zero-order valence-electron chi connectivity index (χ0n) is 8.09. The molecule has 13 heavy (non-hydrogen) atoms. The smallest absolute Gasteiger partial charge is 0.0731 e. The maximum Gasteiger partial charge on any atom is 0.0731 e. The van der Waals surface area contributed by atoms with Gasteiger partial charge in [0.25, 0.3) is 0 Å². The molecule has 1 aliphatic carbocycles. The van der Waals surface area contributed by atoms with E-state index in [4.69, 9.17) is 5.73 Å². The van der Waals surface area contributed by atoms with Gasteiger partial charge in [0.1, 0.15) is 0 Å². The largest absolute Gasteiger partial charge is 0.389 e. The third-order valence-corrected chi connectivity index (χ3v) is 5.14. The van der Waals surface area contributed by atoms with Gasteiger partial charge in [-0.25, -0.2) is 0 Å². The van der Waals surface area contributed by atoms with Crippen LogP contribution in [-0.2, 0) is 0 Å². The number of thioether (sulfide) groups is 1. The first kappa shape index (κ1) is 9.81. The fourth-order valence-corrected chi connectivity index (χ4v) is 4.32. The van der Waals surface area contributed by atoms with E-state index in [1.807, 2.05) is 11.8 Å². The van der Waals surface area contributed by atoms with E-state index in [0.29, 0.717) is 6.54 Å². The summed E-state index contributed by atoms with van der Waals surface area (Å²) in [4.78, 5) is 0. The first-order valence-corrected chi connectivity index (χ1v) is 6.38. The lowest BCUT2D eigenvalue weighted by atomic mass is 9.57. The summed E-state index contributed by atoms with van der Waals surface area (Å²) in [5.74, 6) is 2.27. The van der Waals surface area contributed by atoms with Crippen LogP contribution in [0.15, 0.2) is 0 Å². The minimum Gasteiger partial charge on any atom is -0.389 e. The first-order valence-electron chi connectivity index (χ1n) is 5.23. The SMILES string of the molecule is NCCC1(O)CCSCC12CCC2. The van der Waals surface area contributed by atoms with Crippen molar-refractivity contribution in [1.82, 2.24) is 0 Å². The second kappa shape index (κ2) is 3.44. The molecule has 3 N–H and O–H groups in total. The quantitative estimate of drug-likeness (QED) is 0.709. The van der Waals surface area contributed by atoms with E-state index in [1.165, 1.54) is 19.3 Å². The molecule has 0 aromatic carbocycles. The van der Waals surface area contributed by atoms with Crippen LogP contribution in [0.5, 0.6) is 0 Å². The summed E-state index contributed by atoms with van der Waals surface area (Å²) < 4.78 is 0. The summed E-state index contributed by atoms with van der Waals surface area (Å²) in [6.07, 6.45) is 5.49. The van der Waals surface area contributed by atoms with Crippen molar-refractivity contribution in [2.24, 2.45) is 11.1 Å². The zero-order valence-corrected chi connectivity index (χ0v) is 8.91. The fraction of sp³-hybridized carbons (Fsp3) is 1.00. The van der Waals surface area contributed by atoms with E-state index in [9.17, 15) is 5.11 Å². The molecule has 2 rings (SSSR count). The molecule has 2 aliphatic rings. The number of hydrogen-bond donors (Lipinski definition) is 2. The molecule has 0 aromatic rings. The molecule has 1 saturated heterocycles. The molecule has 1 heterocycles. The molecule has 0 amide bonds. The fourth-order valence-electron chi connectivity index (χ4n) is 2.75. The van der Waals surface area contributed by atoms with Gasteiger partial charge in [-0.05, 0) is 38.0 Å². The van der Waals surface area contributed by atoms with Crippen molar-refractivity contribution in [3.63, 3.8) is 0 Å². The Morgan fingerprint density at radius 1 is 1.31 bits per heavy atom. The van der Waals surface area contributed by atoms with Crippen molar-refractivity contribution in [3.8, 4) is 0 Å². The van der Waals surface area contributed by atoms with Crippen LogP contribution in [0.2, 0.25) is 0 Å². The van der Waals surface area contributed by atoms with Crippen molar-refractivity contribution in [3.05, 3.63) is 0 Å². The van der Waals surface area contributed by atoms with Gasteiger partial charge in [0.2, 0.25) is 0 Å².